The van der Waals surface area contributed by atoms with E-state index in [0.717, 1.165) is 33.2 Å². The van der Waals surface area contributed by atoms with Crippen molar-refractivity contribution < 1.29 is 0 Å². The van der Waals surface area contributed by atoms with E-state index in [1.165, 1.54) is 35.5 Å². The second-order valence-electron chi connectivity index (χ2n) is 11.2. The Morgan fingerprint density at radius 1 is 0.356 bits per heavy atom. The normalized spacial score (nSPS) is 11.6. The van der Waals surface area contributed by atoms with Crippen molar-refractivity contribution >= 4 is 55.3 Å². The zero-order valence-electron chi connectivity index (χ0n) is 24.2. The second kappa shape index (κ2) is 10.6. The fraction of sp³-hybridized carbons (Fsp3) is 0. The van der Waals surface area contributed by atoms with Gasteiger partial charge >= 0.3 is 249 Å². The molecule has 0 spiro atoms. The Morgan fingerprint density at radius 2 is 0.933 bits per heavy atom. The molecule has 0 aliphatic heterocycles. The summed E-state index contributed by atoms with van der Waals surface area (Å²) in [6.45, 7) is 0. The zero-order chi connectivity index (χ0) is 29.7. The zero-order valence-corrected chi connectivity index (χ0v) is 25.9. The van der Waals surface area contributed by atoms with E-state index in [4.69, 9.17) is 15.0 Å². The molecule has 0 amide bonds. The molecule has 0 atom stereocenters. The van der Waals surface area contributed by atoms with E-state index in [0.29, 0.717) is 17.5 Å². The van der Waals surface area contributed by atoms with Crippen LogP contribution in [0.5, 0.6) is 0 Å². The van der Waals surface area contributed by atoms with Gasteiger partial charge in [-0.15, -0.1) is 0 Å². The van der Waals surface area contributed by atoms with Gasteiger partial charge in [0.05, 0.1) is 0 Å². The molecule has 0 fully saturated rings. The van der Waals surface area contributed by atoms with Crippen molar-refractivity contribution in [1.29, 1.82) is 0 Å². The molecule has 7 aromatic carbocycles. The van der Waals surface area contributed by atoms with Gasteiger partial charge in [-0.2, -0.15) is 0 Å². The number of nitrogens with zero attached hydrogens (tertiary/aromatic N) is 3. The van der Waals surface area contributed by atoms with Crippen LogP contribution in [0.2, 0.25) is 0 Å². The third-order valence-corrected chi connectivity index (χ3v) is 11.1. The molecule has 0 radical (unpaired) electrons. The molecule has 9 rings (SSSR count). The van der Waals surface area contributed by atoms with Crippen LogP contribution in [0.15, 0.2) is 152 Å². The predicted molar refractivity (Wildman–Crippen MR) is 189 cm³/mol. The third kappa shape index (κ3) is 4.38. The standard InChI is InChI=1S/C41H25N3Se/c1-3-12-26(13-4-1)29-16-7-8-18-34(29)40-42-39(28-14-5-2-6-15-28)43-41(44-40)35-20-11-19-32-30(35)24-22-27-23-25-33-31-17-9-10-21-36(31)45-38(33)37(27)32/h1-25H. The van der Waals surface area contributed by atoms with Crippen LogP contribution in [0.3, 0.4) is 0 Å². The molecule has 0 unspecified atom stereocenters. The van der Waals surface area contributed by atoms with Gasteiger partial charge in [0.1, 0.15) is 0 Å². The monoisotopic (exact) mass is 639 g/mol. The van der Waals surface area contributed by atoms with Gasteiger partial charge in [0.2, 0.25) is 0 Å². The van der Waals surface area contributed by atoms with E-state index in [-0.39, 0.29) is 14.5 Å². The Bertz CT molecular complexity index is 2540. The number of fused-ring (bicyclic) bond motifs is 7. The fourth-order valence-electron chi connectivity index (χ4n) is 6.43. The van der Waals surface area contributed by atoms with Crippen LogP contribution in [-0.4, -0.2) is 29.5 Å². The van der Waals surface area contributed by atoms with Crippen LogP contribution in [0, 0.1) is 0 Å². The Morgan fingerprint density at radius 3 is 1.73 bits per heavy atom. The van der Waals surface area contributed by atoms with Gasteiger partial charge in [-0.1, -0.05) is 18.2 Å². The first-order chi connectivity index (χ1) is 22.3. The van der Waals surface area contributed by atoms with Crippen LogP contribution in [0.4, 0.5) is 0 Å². The van der Waals surface area contributed by atoms with Crippen molar-refractivity contribution in [3.05, 3.63) is 152 Å². The van der Waals surface area contributed by atoms with E-state index >= 15 is 0 Å². The van der Waals surface area contributed by atoms with Crippen LogP contribution in [-0.2, 0) is 0 Å². The van der Waals surface area contributed by atoms with E-state index in [1.807, 2.05) is 24.3 Å². The maximum absolute atomic E-state index is 5.20. The van der Waals surface area contributed by atoms with Crippen LogP contribution in [0.25, 0.3) is 86.1 Å². The maximum atomic E-state index is 5.20. The molecule has 210 valence electrons. The first kappa shape index (κ1) is 26.0. The molecular weight excluding hydrogens is 613 g/mol. The number of aromatic nitrogens is 3. The first-order valence-corrected chi connectivity index (χ1v) is 16.8. The summed E-state index contributed by atoms with van der Waals surface area (Å²) in [5.41, 5.74) is 5.17. The van der Waals surface area contributed by atoms with Gasteiger partial charge in [-0.05, 0) is 0 Å². The first-order valence-electron chi connectivity index (χ1n) is 15.0. The third-order valence-electron chi connectivity index (χ3n) is 8.55. The minimum atomic E-state index is 0.248. The van der Waals surface area contributed by atoms with Crippen molar-refractivity contribution in [2.75, 3.05) is 0 Å². The number of hydrogen-bond donors (Lipinski definition) is 0. The Balaban J connectivity index is 1.32. The molecule has 0 aliphatic rings. The summed E-state index contributed by atoms with van der Waals surface area (Å²) in [5.74, 6) is 2.00. The predicted octanol–water partition coefficient (Wildman–Crippen LogP) is 10.2. The molecule has 0 N–H and O–H groups in total. The quantitative estimate of drug-likeness (QED) is 0.142. The van der Waals surface area contributed by atoms with Crippen LogP contribution >= 0.6 is 0 Å². The topological polar surface area (TPSA) is 38.7 Å². The molecule has 9 aromatic rings. The van der Waals surface area contributed by atoms with Crippen molar-refractivity contribution in [3.8, 4) is 45.3 Å². The molecule has 3 nitrogen and oxygen atoms in total. The molecule has 2 aromatic heterocycles. The van der Waals surface area contributed by atoms with Gasteiger partial charge in [0.15, 0.2) is 0 Å². The van der Waals surface area contributed by atoms with Crippen molar-refractivity contribution in [2.45, 2.75) is 0 Å². The fourth-order valence-corrected chi connectivity index (χ4v) is 9.10. The van der Waals surface area contributed by atoms with Crippen molar-refractivity contribution in [3.63, 3.8) is 0 Å². The Hall–Kier alpha value is -5.41. The van der Waals surface area contributed by atoms with E-state index in [2.05, 4.69) is 127 Å². The Kier molecular flexibility index (Phi) is 6.15. The summed E-state index contributed by atoms with van der Waals surface area (Å²) < 4.78 is 2.91. The molecule has 0 saturated carbocycles. The van der Waals surface area contributed by atoms with E-state index in [9.17, 15) is 0 Å². The van der Waals surface area contributed by atoms with Crippen molar-refractivity contribution in [2.24, 2.45) is 0 Å². The van der Waals surface area contributed by atoms with Crippen LogP contribution in [0.1, 0.15) is 0 Å². The SMILES string of the molecule is c1ccc(-c2nc(-c3ccccc3-c3ccccc3)nc(-c3cccc4c3ccc3ccc5c6ccccc6[se]c5c34)n2)cc1. The average molecular weight is 639 g/mol. The van der Waals surface area contributed by atoms with Crippen LogP contribution < -0.4 is 0 Å². The van der Waals surface area contributed by atoms with Gasteiger partial charge in [-0.25, -0.2) is 0 Å². The van der Waals surface area contributed by atoms with Gasteiger partial charge < -0.3 is 0 Å². The molecule has 45 heavy (non-hydrogen) atoms. The molecule has 4 heteroatoms. The number of hydrogen-bond acceptors (Lipinski definition) is 3. The summed E-state index contributed by atoms with van der Waals surface area (Å²) in [6, 6.07) is 53.5. The van der Waals surface area contributed by atoms with Gasteiger partial charge in [-0.3, -0.25) is 0 Å². The summed E-state index contributed by atoms with van der Waals surface area (Å²) in [6.07, 6.45) is 0. The van der Waals surface area contributed by atoms with E-state index in [1.54, 1.807) is 0 Å². The summed E-state index contributed by atoms with van der Waals surface area (Å²) in [7, 11) is 0. The van der Waals surface area contributed by atoms with Crippen molar-refractivity contribution in [1.82, 2.24) is 15.0 Å². The summed E-state index contributed by atoms with van der Waals surface area (Å²) >= 11 is 0.248. The van der Waals surface area contributed by atoms with E-state index < -0.39 is 0 Å². The Labute approximate surface area is 266 Å². The number of rotatable bonds is 4. The minimum absolute atomic E-state index is 0.248. The average Bonchev–Trinajstić information content (AvgIpc) is 3.51. The molecular formula is C41H25N3Se. The summed E-state index contributed by atoms with van der Waals surface area (Å²) in [4.78, 5) is 15.4. The molecule has 2 heterocycles. The van der Waals surface area contributed by atoms with Gasteiger partial charge in [0, 0.05) is 0 Å². The number of benzene rings is 7. The van der Waals surface area contributed by atoms with Gasteiger partial charge in [0.25, 0.3) is 0 Å². The second-order valence-corrected chi connectivity index (χ2v) is 13.4. The molecule has 0 aliphatic carbocycles. The molecule has 0 saturated heterocycles. The summed E-state index contributed by atoms with van der Waals surface area (Å²) in [5, 5.41) is 7.74. The molecule has 0 bridgehead atoms.